The number of aromatic nitrogens is 3. The molecular formula is C20H23N5O. The summed E-state index contributed by atoms with van der Waals surface area (Å²) in [5.74, 6) is 1.45. The topological polar surface area (TPSA) is 62.5 Å². The quantitative estimate of drug-likeness (QED) is 0.769. The molecule has 4 rings (SSSR count). The van der Waals surface area contributed by atoms with Crippen molar-refractivity contribution in [2.24, 2.45) is 0 Å². The largest absolute Gasteiger partial charge is 0.326 e. The Labute approximate surface area is 152 Å². The predicted octanol–water partition coefficient (Wildman–Crippen LogP) is 2.94. The molecule has 0 unspecified atom stereocenters. The van der Waals surface area contributed by atoms with Crippen LogP contribution in [0.2, 0.25) is 0 Å². The number of anilines is 1. The van der Waals surface area contributed by atoms with Crippen molar-refractivity contribution in [2.75, 3.05) is 25.0 Å². The zero-order chi connectivity index (χ0) is 17.8. The van der Waals surface area contributed by atoms with E-state index in [2.05, 4.69) is 24.8 Å². The Kier molecular flexibility index (Phi) is 4.93. The maximum Gasteiger partial charge on any atom is 0.225 e. The van der Waals surface area contributed by atoms with Gasteiger partial charge in [-0.15, -0.1) is 10.2 Å². The molecule has 1 aromatic carbocycles. The van der Waals surface area contributed by atoms with Gasteiger partial charge in [-0.1, -0.05) is 24.3 Å². The van der Waals surface area contributed by atoms with Crippen LogP contribution in [0.4, 0.5) is 5.69 Å². The first-order chi connectivity index (χ1) is 12.8. The van der Waals surface area contributed by atoms with Gasteiger partial charge in [0.2, 0.25) is 5.91 Å². The Balaban J connectivity index is 1.34. The summed E-state index contributed by atoms with van der Waals surface area (Å²) in [6.07, 6.45) is 4.76. The third kappa shape index (κ3) is 3.75. The fraction of sp³-hybridized carbons (Fsp3) is 0.350. The van der Waals surface area contributed by atoms with Crippen molar-refractivity contribution in [3.63, 3.8) is 0 Å². The number of likely N-dealkylation sites (tertiary alicyclic amines) is 1. The van der Waals surface area contributed by atoms with Crippen LogP contribution in [-0.4, -0.2) is 45.0 Å². The Hall–Kier alpha value is -2.73. The van der Waals surface area contributed by atoms with Gasteiger partial charge in [0.15, 0.2) is 5.65 Å². The molecule has 1 aliphatic rings. The van der Waals surface area contributed by atoms with E-state index in [1.165, 1.54) is 0 Å². The van der Waals surface area contributed by atoms with Crippen molar-refractivity contribution < 1.29 is 4.79 Å². The fourth-order valence-electron chi connectivity index (χ4n) is 3.61. The number of rotatable bonds is 5. The van der Waals surface area contributed by atoms with E-state index >= 15 is 0 Å². The van der Waals surface area contributed by atoms with Gasteiger partial charge < -0.3 is 10.2 Å². The third-order valence-corrected chi connectivity index (χ3v) is 4.92. The van der Waals surface area contributed by atoms with Crippen LogP contribution in [0, 0.1) is 0 Å². The molecule has 0 spiro atoms. The predicted molar refractivity (Wildman–Crippen MR) is 101 cm³/mol. The third-order valence-electron chi connectivity index (χ3n) is 4.92. The lowest BCUT2D eigenvalue weighted by Gasteiger charge is -2.31. The molecule has 1 amide bonds. The Morgan fingerprint density at radius 1 is 1.12 bits per heavy atom. The number of nitrogens with one attached hydrogen (secondary N) is 1. The number of benzene rings is 1. The molecule has 3 heterocycles. The first-order valence-corrected chi connectivity index (χ1v) is 9.16. The molecule has 0 saturated carbocycles. The molecule has 2 aromatic heterocycles. The molecule has 134 valence electrons. The normalized spacial score (nSPS) is 18.1. The van der Waals surface area contributed by atoms with Crippen LogP contribution in [-0.2, 0) is 4.79 Å². The van der Waals surface area contributed by atoms with Crippen LogP contribution in [0.25, 0.3) is 5.65 Å². The minimum atomic E-state index is 0.0613. The van der Waals surface area contributed by atoms with Crippen LogP contribution in [0.1, 0.15) is 31.0 Å². The van der Waals surface area contributed by atoms with Crippen LogP contribution in [0.5, 0.6) is 0 Å². The summed E-state index contributed by atoms with van der Waals surface area (Å²) in [5.41, 5.74) is 1.74. The van der Waals surface area contributed by atoms with Crippen molar-refractivity contribution in [1.82, 2.24) is 19.5 Å². The second-order valence-corrected chi connectivity index (χ2v) is 6.79. The molecule has 1 fully saturated rings. The molecule has 6 nitrogen and oxygen atoms in total. The second-order valence-electron chi connectivity index (χ2n) is 6.79. The van der Waals surface area contributed by atoms with Gasteiger partial charge in [-0.05, 0) is 43.7 Å². The Bertz CT molecular complexity index is 876. The van der Waals surface area contributed by atoms with Gasteiger partial charge in [-0.25, -0.2) is 0 Å². The van der Waals surface area contributed by atoms with Crippen molar-refractivity contribution in [3.05, 3.63) is 60.6 Å². The molecule has 1 aliphatic heterocycles. The van der Waals surface area contributed by atoms with Gasteiger partial charge in [0.1, 0.15) is 5.82 Å². The lowest BCUT2D eigenvalue weighted by Crippen LogP contribution is -2.37. The first-order valence-electron chi connectivity index (χ1n) is 9.16. The van der Waals surface area contributed by atoms with Crippen LogP contribution in [0.15, 0.2) is 54.7 Å². The number of carbonyl (C=O) groups is 1. The van der Waals surface area contributed by atoms with Crippen molar-refractivity contribution in [3.8, 4) is 0 Å². The van der Waals surface area contributed by atoms with E-state index in [1.807, 2.05) is 54.7 Å². The Morgan fingerprint density at radius 2 is 1.96 bits per heavy atom. The zero-order valence-electron chi connectivity index (χ0n) is 14.7. The molecule has 1 N–H and O–H groups in total. The highest BCUT2D eigenvalue weighted by atomic mass is 16.1. The lowest BCUT2D eigenvalue weighted by molar-refractivity contribution is -0.116. The van der Waals surface area contributed by atoms with Crippen molar-refractivity contribution >= 4 is 17.2 Å². The van der Waals surface area contributed by atoms with Crippen LogP contribution in [0.3, 0.4) is 0 Å². The number of amides is 1. The molecule has 6 heteroatoms. The van der Waals surface area contributed by atoms with Crippen molar-refractivity contribution in [2.45, 2.75) is 25.2 Å². The fourth-order valence-corrected chi connectivity index (χ4v) is 3.61. The highest BCUT2D eigenvalue weighted by molar-refractivity contribution is 5.90. The number of para-hydroxylation sites is 1. The lowest BCUT2D eigenvalue weighted by atomic mass is 9.97. The maximum atomic E-state index is 12.2. The zero-order valence-corrected chi connectivity index (χ0v) is 14.7. The number of pyridine rings is 1. The van der Waals surface area contributed by atoms with Gasteiger partial charge in [-0.2, -0.15) is 0 Å². The SMILES string of the molecule is O=C(CCN1CCC[C@@H](c2nnc3ccccn23)C1)Nc1ccccc1. The smallest absolute Gasteiger partial charge is 0.225 e. The van der Waals surface area contributed by atoms with Crippen LogP contribution >= 0.6 is 0 Å². The van der Waals surface area contributed by atoms with Gasteiger partial charge in [0.25, 0.3) is 0 Å². The average molecular weight is 349 g/mol. The van der Waals surface area contributed by atoms with Gasteiger partial charge >= 0.3 is 0 Å². The van der Waals surface area contributed by atoms with Gasteiger partial charge in [0.05, 0.1) is 0 Å². The first kappa shape index (κ1) is 16.7. The van der Waals surface area contributed by atoms with E-state index in [0.29, 0.717) is 12.3 Å². The summed E-state index contributed by atoms with van der Waals surface area (Å²) in [5, 5.41) is 11.6. The molecule has 0 radical (unpaired) electrons. The summed E-state index contributed by atoms with van der Waals surface area (Å²) < 4.78 is 2.08. The number of carbonyl (C=O) groups excluding carboxylic acids is 1. The van der Waals surface area contributed by atoms with E-state index < -0.39 is 0 Å². The molecule has 0 aliphatic carbocycles. The molecule has 26 heavy (non-hydrogen) atoms. The summed E-state index contributed by atoms with van der Waals surface area (Å²) in [6, 6.07) is 15.6. The van der Waals surface area contributed by atoms with Crippen molar-refractivity contribution in [1.29, 1.82) is 0 Å². The van der Waals surface area contributed by atoms with Gasteiger partial charge in [0, 0.05) is 37.3 Å². The number of hydrogen-bond donors (Lipinski definition) is 1. The highest BCUT2D eigenvalue weighted by Gasteiger charge is 2.25. The van der Waals surface area contributed by atoms with Gasteiger partial charge in [-0.3, -0.25) is 9.20 Å². The summed E-state index contributed by atoms with van der Waals surface area (Å²) in [6.45, 7) is 2.73. The summed E-state index contributed by atoms with van der Waals surface area (Å²) in [4.78, 5) is 14.5. The van der Waals surface area contributed by atoms with E-state index in [9.17, 15) is 4.79 Å². The van der Waals surface area contributed by atoms with E-state index in [0.717, 1.165) is 49.6 Å². The summed E-state index contributed by atoms with van der Waals surface area (Å²) in [7, 11) is 0. The average Bonchev–Trinajstić information content (AvgIpc) is 3.12. The minimum absolute atomic E-state index is 0.0613. The molecule has 1 saturated heterocycles. The standard InChI is InChI=1S/C20H23N5O/c26-19(21-17-8-2-1-3-9-17)11-14-24-12-6-7-16(15-24)20-23-22-18-10-4-5-13-25(18)20/h1-5,8-10,13,16H,6-7,11-12,14-15H2,(H,21,26)/t16-/m1/s1. The van der Waals surface area contributed by atoms with E-state index in [1.54, 1.807) is 0 Å². The summed E-state index contributed by atoms with van der Waals surface area (Å²) >= 11 is 0. The van der Waals surface area contributed by atoms with E-state index in [-0.39, 0.29) is 5.91 Å². The second kappa shape index (κ2) is 7.66. The van der Waals surface area contributed by atoms with E-state index in [4.69, 9.17) is 0 Å². The maximum absolute atomic E-state index is 12.2. The molecule has 3 aromatic rings. The number of piperidine rings is 1. The molecular weight excluding hydrogens is 326 g/mol. The van der Waals surface area contributed by atoms with Crippen LogP contribution < -0.4 is 5.32 Å². The number of hydrogen-bond acceptors (Lipinski definition) is 4. The minimum Gasteiger partial charge on any atom is -0.326 e. The number of fused-ring (bicyclic) bond motifs is 1. The molecule has 0 bridgehead atoms. The number of nitrogens with zero attached hydrogens (tertiary/aromatic N) is 4. The molecule has 1 atom stereocenters. The monoisotopic (exact) mass is 349 g/mol. The Morgan fingerprint density at radius 3 is 2.85 bits per heavy atom. The highest BCUT2D eigenvalue weighted by Crippen LogP contribution is 2.26.